The van der Waals surface area contributed by atoms with Gasteiger partial charge >= 0.3 is 0 Å². The molecule has 1 saturated heterocycles. The first-order chi connectivity index (χ1) is 17.4. The SMILES string of the molecule is CC(C)[C@H](Nc1nc(CN2CCN(Cc3cccc4c3OCO4)C[C@@H]2C)nc2ccccc12)C(N)=O. The maximum atomic E-state index is 12.0. The first-order valence-electron chi connectivity index (χ1n) is 12.5. The third kappa shape index (κ3) is 5.08. The Morgan fingerprint density at radius 2 is 1.94 bits per heavy atom. The van der Waals surface area contributed by atoms with Crippen LogP contribution in [0.2, 0.25) is 0 Å². The molecule has 1 fully saturated rings. The van der Waals surface area contributed by atoms with Gasteiger partial charge in [-0.25, -0.2) is 9.97 Å². The van der Waals surface area contributed by atoms with Crippen LogP contribution in [-0.2, 0) is 17.9 Å². The summed E-state index contributed by atoms with van der Waals surface area (Å²) in [6, 6.07) is 13.8. The molecule has 2 atom stereocenters. The third-order valence-electron chi connectivity index (χ3n) is 6.98. The van der Waals surface area contributed by atoms with E-state index in [-0.39, 0.29) is 18.6 Å². The highest BCUT2D eigenvalue weighted by Gasteiger charge is 2.27. The number of para-hydroxylation sites is 2. The number of anilines is 1. The molecule has 190 valence electrons. The van der Waals surface area contributed by atoms with Crippen molar-refractivity contribution >= 4 is 22.6 Å². The van der Waals surface area contributed by atoms with Crippen LogP contribution < -0.4 is 20.5 Å². The summed E-state index contributed by atoms with van der Waals surface area (Å²) in [7, 11) is 0. The molecule has 9 heteroatoms. The highest BCUT2D eigenvalue weighted by Crippen LogP contribution is 2.36. The van der Waals surface area contributed by atoms with E-state index in [0.717, 1.165) is 60.0 Å². The normalized spacial score (nSPS) is 19.1. The van der Waals surface area contributed by atoms with E-state index in [1.807, 2.05) is 50.2 Å². The Morgan fingerprint density at radius 3 is 2.72 bits per heavy atom. The van der Waals surface area contributed by atoms with Crippen LogP contribution in [0.25, 0.3) is 10.9 Å². The molecule has 3 heterocycles. The summed E-state index contributed by atoms with van der Waals surface area (Å²) in [5, 5.41) is 4.17. The van der Waals surface area contributed by atoms with E-state index in [1.54, 1.807) is 0 Å². The van der Waals surface area contributed by atoms with E-state index in [1.165, 1.54) is 0 Å². The minimum absolute atomic E-state index is 0.0376. The summed E-state index contributed by atoms with van der Waals surface area (Å²) in [6.07, 6.45) is 0. The van der Waals surface area contributed by atoms with Crippen molar-refractivity contribution in [2.75, 3.05) is 31.7 Å². The average Bonchev–Trinajstić information content (AvgIpc) is 3.34. The Morgan fingerprint density at radius 1 is 1.11 bits per heavy atom. The fourth-order valence-corrected chi connectivity index (χ4v) is 5.01. The van der Waals surface area contributed by atoms with Crippen LogP contribution in [0, 0.1) is 5.92 Å². The highest BCUT2D eigenvalue weighted by atomic mass is 16.7. The molecule has 0 spiro atoms. The zero-order valence-electron chi connectivity index (χ0n) is 21.1. The van der Waals surface area contributed by atoms with E-state index >= 15 is 0 Å². The zero-order chi connectivity index (χ0) is 25.2. The molecule has 5 rings (SSSR count). The average molecular weight is 491 g/mol. The van der Waals surface area contributed by atoms with Crippen molar-refractivity contribution in [3.8, 4) is 11.5 Å². The molecule has 1 aromatic heterocycles. The summed E-state index contributed by atoms with van der Waals surface area (Å²) in [5.41, 5.74) is 7.67. The molecule has 2 aliphatic heterocycles. The Hall–Kier alpha value is -3.43. The van der Waals surface area contributed by atoms with Gasteiger partial charge in [0.2, 0.25) is 12.7 Å². The maximum absolute atomic E-state index is 12.0. The number of piperazine rings is 1. The molecule has 3 aromatic rings. The van der Waals surface area contributed by atoms with Crippen LogP contribution in [0.4, 0.5) is 5.82 Å². The summed E-state index contributed by atoms with van der Waals surface area (Å²) >= 11 is 0. The standard InChI is InChI=1S/C27H34N6O3/c1-17(2)24(26(28)34)31-27-20-8-4-5-9-21(20)29-23(30-27)15-33-12-11-32(13-18(33)3)14-19-7-6-10-22-25(19)36-16-35-22/h4-10,17-18,24H,11-16H2,1-3H3,(H2,28,34)(H,29,30,31)/t18-,24-/m0/s1. The number of hydrogen-bond acceptors (Lipinski definition) is 8. The number of carbonyl (C=O) groups excluding carboxylic acids is 1. The number of ether oxygens (including phenoxy) is 2. The lowest BCUT2D eigenvalue weighted by molar-refractivity contribution is -0.119. The first kappa shape index (κ1) is 24.3. The summed E-state index contributed by atoms with van der Waals surface area (Å²) in [4.78, 5) is 26.6. The fourth-order valence-electron chi connectivity index (χ4n) is 5.01. The number of carbonyl (C=O) groups is 1. The number of aromatic nitrogens is 2. The molecule has 1 amide bonds. The van der Waals surface area contributed by atoms with E-state index in [0.29, 0.717) is 18.4 Å². The lowest BCUT2D eigenvalue weighted by Crippen LogP contribution is -2.51. The number of nitrogens with two attached hydrogens (primary N) is 1. The van der Waals surface area contributed by atoms with Gasteiger partial charge in [0.1, 0.15) is 17.7 Å². The molecular formula is C27H34N6O3. The largest absolute Gasteiger partial charge is 0.454 e. The number of fused-ring (bicyclic) bond motifs is 2. The molecule has 3 N–H and O–H groups in total. The van der Waals surface area contributed by atoms with Gasteiger partial charge in [0.25, 0.3) is 0 Å². The molecule has 2 aliphatic rings. The van der Waals surface area contributed by atoms with Crippen molar-refractivity contribution in [2.24, 2.45) is 11.7 Å². The van der Waals surface area contributed by atoms with Crippen LogP contribution in [0.1, 0.15) is 32.2 Å². The van der Waals surface area contributed by atoms with Crippen molar-refractivity contribution in [2.45, 2.75) is 45.9 Å². The quantitative estimate of drug-likeness (QED) is 0.497. The van der Waals surface area contributed by atoms with Crippen molar-refractivity contribution in [3.63, 3.8) is 0 Å². The number of nitrogens with zero attached hydrogens (tertiary/aromatic N) is 4. The van der Waals surface area contributed by atoms with Crippen molar-refractivity contribution < 1.29 is 14.3 Å². The van der Waals surface area contributed by atoms with Gasteiger partial charge in [0.15, 0.2) is 11.5 Å². The molecule has 0 unspecified atom stereocenters. The van der Waals surface area contributed by atoms with Crippen molar-refractivity contribution in [1.29, 1.82) is 0 Å². The number of primary amides is 1. The highest BCUT2D eigenvalue weighted by molar-refractivity contribution is 5.91. The van der Waals surface area contributed by atoms with Crippen LogP contribution in [0.15, 0.2) is 42.5 Å². The predicted octanol–water partition coefficient (Wildman–Crippen LogP) is 2.99. The predicted molar refractivity (Wildman–Crippen MR) is 139 cm³/mol. The molecule has 0 saturated carbocycles. The first-order valence-corrected chi connectivity index (χ1v) is 12.5. The smallest absolute Gasteiger partial charge is 0.240 e. The van der Waals surface area contributed by atoms with Crippen LogP contribution in [0.3, 0.4) is 0 Å². The Labute approximate surface area is 211 Å². The van der Waals surface area contributed by atoms with Gasteiger partial charge in [-0.1, -0.05) is 38.1 Å². The minimum atomic E-state index is -0.507. The number of amides is 1. The maximum Gasteiger partial charge on any atom is 0.240 e. The van der Waals surface area contributed by atoms with E-state index in [9.17, 15) is 4.79 Å². The number of hydrogen-bond donors (Lipinski definition) is 2. The zero-order valence-corrected chi connectivity index (χ0v) is 21.1. The van der Waals surface area contributed by atoms with E-state index < -0.39 is 6.04 Å². The molecule has 9 nitrogen and oxygen atoms in total. The van der Waals surface area contributed by atoms with Gasteiger partial charge in [-0.15, -0.1) is 0 Å². The number of rotatable bonds is 8. The van der Waals surface area contributed by atoms with Gasteiger partial charge in [0, 0.05) is 43.2 Å². The fraction of sp³-hybridized carbons (Fsp3) is 0.444. The molecule has 0 aliphatic carbocycles. The van der Waals surface area contributed by atoms with E-state index in [4.69, 9.17) is 25.2 Å². The molecule has 0 radical (unpaired) electrons. The van der Waals surface area contributed by atoms with Crippen LogP contribution in [-0.4, -0.2) is 64.2 Å². The van der Waals surface area contributed by atoms with Crippen LogP contribution in [0.5, 0.6) is 11.5 Å². The van der Waals surface area contributed by atoms with Gasteiger partial charge in [-0.3, -0.25) is 14.6 Å². The summed E-state index contributed by atoms with van der Waals surface area (Å²) in [5.74, 6) is 2.73. The summed E-state index contributed by atoms with van der Waals surface area (Å²) in [6.45, 7) is 10.7. The van der Waals surface area contributed by atoms with Crippen LogP contribution >= 0.6 is 0 Å². The minimum Gasteiger partial charge on any atom is -0.454 e. The Bertz CT molecular complexity index is 1250. The monoisotopic (exact) mass is 490 g/mol. The lowest BCUT2D eigenvalue weighted by atomic mass is 10.0. The lowest BCUT2D eigenvalue weighted by Gasteiger charge is -2.39. The second-order valence-corrected chi connectivity index (χ2v) is 9.98. The second-order valence-electron chi connectivity index (χ2n) is 9.98. The Balaban J connectivity index is 1.30. The molecule has 0 bridgehead atoms. The number of nitrogens with one attached hydrogen (secondary N) is 1. The van der Waals surface area contributed by atoms with E-state index in [2.05, 4.69) is 28.1 Å². The third-order valence-corrected chi connectivity index (χ3v) is 6.98. The Kier molecular flexibility index (Phi) is 6.93. The molecule has 2 aromatic carbocycles. The van der Waals surface area contributed by atoms with Crippen molar-refractivity contribution in [1.82, 2.24) is 19.8 Å². The second kappa shape index (κ2) is 10.3. The van der Waals surface area contributed by atoms with Gasteiger partial charge in [-0.2, -0.15) is 0 Å². The topological polar surface area (TPSA) is 106 Å². The van der Waals surface area contributed by atoms with Crippen molar-refractivity contribution in [3.05, 3.63) is 53.9 Å². The van der Waals surface area contributed by atoms with Gasteiger partial charge < -0.3 is 20.5 Å². The van der Waals surface area contributed by atoms with Gasteiger partial charge in [-0.05, 0) is 31.0 Å². The summed E-state index contributed by atoms with van der Waals surface area (Å²) < 4.78 is 11.2. The molecule has 36 heavy (non-hydrogen) atoms. The molecular weight excluding hydrogens is 456 g/mol. The number of benzene rings is 2. The van der Waals surface area contributed by atoms with Gasteiger partial charge in [0.05, 0.1) is 12.1 Å².